The van der Waals surface area contributed by atoms with Gasteiger partial charge in [0, 0.05) is 0 Å². The van der Waals surface area contributed by atoms with Crippen molar-refractivity contribution in [2.45, 2.75) is 26.8 Å². The van der Waals surface area contributed by atoms with Crippen molar-refractivity contribution in [1.82, 2.24) is 5.32 Å². The molecule has 21 heavy (non-hydrogen) atoms. The number of benzene rings is 2. The van der Waals surface area contributed by atoms with E-state index in [9.17, 15) is 0 Å². The van der Waals surface area contributed by atoms with Crippen LogP contribution < -0.4 is 10.1 Å². The minimum Gasteiger partial charge on any atom is -0.495 e. The maximum Gasteiger partial charge on any atom is 0.137 e. The summed E-state index contributed by atoms with van der Waals surface area (Å²) >= 11 is 6.29. The summed E-state index contributed by atoms with van der Waals surface area (Å²) in [4.78, 5) is 0. The molecule has 1 unspecified atom stereocenters. The Labute approximate surface area is 132 Å². The molecular formula is C18H22ClNO. The van der Waals surface area contributed by atoms with E-state index in [1.165, 1.54) is 16.7 Å². The first kappa shape index (κ1) is 15.9. The van der Waals surface area contributed by atoms with Gasteiger partial charge in [-0.25, -0.2) is 0 Å². The topological polar surface area (TPSA) is 21.3 Å². The van der Waals surface area contributed by atoms with Gasteiger partial charge >= 0.3 is 0 Å². The standard InChI is InChI=1S/C18H22ClNO/c1-5-20-18(17-12(2)7-6-8-13(17)3)14-9-10-16(21-4)15(19)11-14/h6-11,18,20H,5H2,1-4H3. The summed E-state index contributed by atoms with van der Waals surface area (Å²) in [6, 6.07) is 12.5. The second-order valence-electron chi connectivity index (χ2n) is 5.19. The van der Waals surface area contributed by atoms with Gasteiger partial charge in [0.1, 0.15) is 5.75 Å². The fourth-order valence-electron chi connectivity index (χ4n) is 2.74. The maximum atomic E-state index is 6.29. The Hall–Kier alpha value is -1.51. The van der Waals surface area contributed by atoms with Crippen molar-refractivity contribution in [2.24, 2.45) is 0 Å². The van der Waals surface area contributed by atoms with Crippen molar-refractivity contribution in [3.05, 3.63) is 63.7 Å². The zero-order valence-corrected chi connectivity index (χ0v) is 13.8. The average molecular weight is 304 g/mol. The maximum absolute atomic E-state index is 6.29. The van der Waals surface area contributed by atoms with Gasteiger partial charge in [0.05, 0.1) is 18.2 Å². The van der Waals surface area contributed by atoms with Crippen molar-refractivity contribution >= 4 is 11.6 Å². The highest BCUT2D eigenvalue weighted by Crippen LogP contribution is 2.32. The quantitative estimate of drug-likeness (QED) is 0.867. The zero-order valence-electron chi connectivity index (χ0n) is 13.0. The predicted octanol–water partition coefficient (Wildman–Crippen LogP) is 4.66. The van der Waals surface area contributed by atoms with E-state index in [-0.39, 0.29) is 6.04 Å². The van der Waals surface area contributed by atoms with Crippen molar-refractivity contribution in [3.8, 4) is 5.75 Å². The summed E-state index contributed by atoms with van der Waals surface area (Å²) in [6.45, 7) is 7.31. The van der Waals surface area contributed by atoms with Gasteiger partial charge in [-0.05, 0) is 54.8 Å². The van der Waals surface area contributed by atoms with Crippen LogP contribution in [0.25, 0.3) is 0 Å². The van der Waals surface area contributed by atoms with Crippen LogP contribution in [0.4, 0.5) is 0 Å². The number of rotatable bonds is 5. The van der Waals surface area contributed by atoms with Gasteiger partial charge in [-0.3, -0.25) is 0 Å². The molecule has 2 nitrogen and oxygen atoms in total. The molecule has 1 N–H and O–H groups in total. The van der Waals surface area contributed by atoms with Crippen LogP contribution >= 0.6 is 11.6 Å². The van der Waals surface area contributed by atoms with Crippen LogP contribution in [0.3, 0.4) is 0 Å². The molecule has 0 saturated heterocycles. The molecule has 0 saturated carbocycles. The summed E-state index contributed by atoms with van der Waals surface area (Å²) in [5, 5.41) is 4.20. The van der Waals surface area contributed by atoms with Gasteiger partial charge in [-0.1, -0.05) is 42.8 Å². The molecule has 2 rings (SSSR count). The highest BCUT2D eigenvalue weighted by Gasteiger charge is 2.18. The van der Waals surface area contributed by atoms with Gasteiger partial charge in [-0.2, -0.15) is 0 Å². The second-order valence-corrected chi connectivity index (χ2v) is 5.60. The molecule has 1 atom stereocenters. The zero-order chi connectivity index (χ0) is 15.4. The molecule has 0 radical (unpaired) electrons. The Morgan fingerprint density at radius 1 is 1.14 bits per heavy atom. The number of methoxy groups -OCH3 is 1. The Morgan fingerprint density at radius 2 is 1.81 bits per heavy atom. The lowest BCUT2D eigenvalue weighted by molar-refractivity contribution is 0.414. The van der Waals surface area contributed by atoms with Crippen LogP contribution in [0.5, 0.6) is 5.75 Å². The van der Waals surface area contributed by atoms with Gasteiger partial charge in [-0.15, -0.1) is 0 Å². The summed E-state index contributed by atoms with van der Waals surface area (Å²) in [5.41, 5.74) is 5.04. The largest absolute Gasteiger partial charge is 0.495 e. The molecule has 0 fully saturated rings. The molecule has 0 spiro atoms. The van der Waals surface area contributed by atoms with Crippen molar-refractivity contribution in [3.63, 3.8) is 0 Å². The minimum atomic E-state index is 0.139. The molecule has 3 heteroatoms. The fourth-order valence-corrected chi connectivity index (χ4v) is 3.00. The van der Waals surface area contributed by atoms with Crippen molar-refractivity contribution in [1.29, 1.82) is 0 Å². The van der Waals surface area contributed by atoms with Crippen LogP contribution in [0.2, 0.25) is 5.02 Å². The summed E-state index contributed by atoms with van der Waals surface area (Å²) in [6.07, 6.45) is 0. The van der Waals surface area contributed by atoms with Crippen LogP contribution in [0.1, 0.15) is 35.2 Å². The number of ether oxygens (including phenoxy) is 1. The van der Waals surface area contributed by atoms with Crippen LogP contribution in [0.15, 0.2) is 36.4 Å². The molecule has 0 aliphatic carbocycles. The Morgan fingerprint density at radius 3 is 2.33 bits per heavy atom. The third kappa shape index (κ3) is 3.39. The van der Waals surface area contributed by atoms with E-state index in [0.717, 1.165) is 12.1 Å². The van der Waals surface area contributed by atoms with Gasteiger partial charge < -0.3 is 10.1 Å². The molecule has 112 valence electrons. The predicted molar refractivity (Wildman–Crippen MR) is 89.4 cm³/mol. The molecule has 0 heterocycles. The number of halogens is 1. The van der Waals surface area contributed by atoms with Crippen LogP contribution in [0, 0.1) is 13.8 Å². The van der Waals surface area contributed by atoms with E-state index in [4.69, 9.17) is 16.3 Å². The molecular weight excluding hydrogens is 282 g/mol. The smallest absolute Gasteiger partial charge is 0.137 e. The first-order valence-electron chi connectivity index (χ1n) is 7.21. The molecule has 2 aromatic carbocycles. The Bertz CT molecular complexity index is 604. The minimum absolute atomic E-state index is 0.139. The lowest BCUT2D eigenvalue weighted by Crippen LogP contribution is -2.23. The Kier molecular flexibility index (Phi) is 5.27. The SMILES string of the molecule is CCNC(c1ccc(OC)c(Cl)c1)c1c(C)cccc1C. The molecule has 2 aromatic rings. The highest BCUT2D eigenvalue weighted by atomic mass is 35.5. The Balaban J connectivity index is 2.51. The third-order valence-electron chi connectivity index (χ3n) is 3.75. The second kappa shape index (κ2) is 6.97. The van der Waals surface area contributed by atoms with E-state index in [1.807, 2.05) is 12.1 Å². The molecule has 0 aromatic heterocycles. The van der Waals surface area contributed by atoms with Crippen molar-refractivity contribution < 1.29 is 4.74 Å². The van der Waals surface area contributed by atoms with E-state index in [2.05, 4.69) is 50.4 Å². The first-order valence-corrected chi connectivity index (χ1v) is 7.59. The molecule has 0 aliphatic rings. The number of nitrogens with one attached hydrogen (secondary N) is 1. The van der Waals surface area contributed by atoms with Crippen molar-refractivity contribution in [2.75, 3.05) is 13.7 Å². The van der Waals surface area contributed by atoms with Gasteiger partial charge in [0.15, 0.2) is 0 Å². The molecule has 0 amide bonds. The summed E-state index contributed by atoms with van der Waals surface area (Å²) < 4.78 is 5.24. The van der Waals surface area contributed by atoms with Crippen LogP contribution in [-0.2, 0) is 0 Å². The van der Waals surface area contributed by atoms with Gasteiger partial charge in [0.2, 0.25) is 0 Å². The average Bonchev–Trinajstić information content (AvgIpc) is 2.46. The lowest BCUT2D eigenvalue weighted by Gasteiger charge is -2.23. The van der Waals surface area contributed by atoms with E-state index >= 15 is 0 Å². The summed E-state index contributed by atoms with van der Waals surface area (Å²) in [7, 11) is 1.63. The van der Waals surface area contributed by atoms with E-state index in [1.54, 1.807) is 7.11 Å². The normalized spacial score (nSPS) is 12.2. The molecule has 0 bridgehead atoms. The van der Waals surface area contributed by atoms with Crippen LogP contribution in [-0.4, -0.2) is 13.7 Å². The number of hydrogen-bond acceptors (Lipinski definition) is 2. The van der Waals surface area contributed by atoms with E-state index in [0.29, 0.717) is 10.8 Å². The first-order chi connectivity index (χ1) is 10.1. The summed E-state index contributed by atoms with van der Waals surface area (Å²) in [5.74, 6) is 0.706. The molecule has 0 aliphatic heterocycles. The monoisotopic (exact) mass is 303 g/mol. The number of aryl methyl sites for hydroxylation is 2. The number of hydrogen-bond donors (Lipinski definition) is 1. The van der Waals surface area contributed by atoms with Gasteiger partial charge in [0.25, 0.3) is 0 Å². The fraction of sp³-hybridized carbons (Fsp3) is 0.333. The van der Waals surface area contributed by atoms with E-state index < -0.39 is 0 Å². The third-order valence-corrected chi connectivity index (χ3v) is 4.04. The highest BCUT2D eigenvalue weighted by molar-refractivity contribution is 6.32. The lowest BCUT2D eigenvalue weighted by atomic mass is 9.91.